The molecule has 112 valence electrons. The lowest BCUT2D eigenvalue weighted by atomic mass is 10.1. The smallest absolute Gasteiger partial charge is 0.324 e. The predicted octanol–water partition coefficient (Wildman–Crippen LogP) is 2.28. The summed E-state index contributed by atoms with van der Waals surface area (Å²) >= 11 is 0. The van der Waals surface area contributed by atoms with Gasteiger partial charge in [-0.15, -0.1) is 0 Å². The van der Waals surface area contributed by atoms with Crippen LogP contribution in [0.3, 0.4) is 0 Å². The normalized spacial score (nSPS) is 12.1. The maximum Gasteiger partial charge on any atom is 0.324 e. The first-order valence-electron chi connectivity index (χ1n) is 7.17. The Morgan fingerprint density at radius 3 is 2.35 bits per heavy atom. The van der Waals surface area contributed by atoms with Crippen LogP contribution in [0.4, 0.5) is 5.69 Å². The van der Waals surface area contributed by atoms with Gasteiger partial charge < -0.3 is 15.0 Å². The molecule has 4 heteroatoms. The third-order valence-electron chi connectivity index (χ3n) is 3.13. The number of hydrogen-bond donors (Lipinski definition) is 1. The second-order valence-electron chi connectivity index (χ2n) is 5.09. The average Bonchev–Trinajstić information content (AvgIpc) is 2.37. The molecule has 20 heavy (non-hydrogen) atoms. The van der Waals surface area contributed by atoms with Crippen molar-refractivity contribution in [1.29, 1.82) is 0 Å². The fourth-order valence-electron chi connectivity index (χ4n) is 2.26. The van der Waals surface area contributed by atoms with Crippen LogP contribution in [0.1, 0.15) is 25.0 Å². The Labute approximate surface area is 122 Å². The second-order valence-corrected chi connectivity index (χ2v) is 5.09. The molecule has 0 saturated heterocycles. The van der Waals surface area contributed by atoms with Gasteiger partial charge in [0.2, 0.25) is 0 Å². The highest BCUT2D eigenvalue weighted by atomic mass is 16.5. The van der Waals surface area contributed by atoms with Gasteiger partial charge >= 0.3 is 5.97 Å². The number of hydrogen-bond acceptors (Lipinski definition) is 4. The highest BCUT2D eigenvalue weighted by Crippen LogP contribution is 2.17. The fraction of sp³-hybridized carbons (Fsp3) is 0.562. The van der Waals surface area contributed by atoms with Crippen molar-refractivity contribution < 1.29 is 9.53 Å². The van der Waals surface area contributed by atoms with Crippen molar-refractivity contribution in [1.82, 2.24) is 5.32 Å². The molecule has 1 atom stereocenters. The quantitative estimate of drug-likeness (QED) is 0.777. The van der Waals surface area contributed by atoms with Crippen LogP contribution in [0.2, 0.25) is 0 Å². The van der Waals surface area contributed by atoms with Crippen LogP contribution >= 0.6 is 0 Å². The van der Waals surface area contributed by atoms with Gasteiger partial charge in [0.1, 0.15) is 6.04 Å². The molecule has 4 nitrogen and oxygen atoms in total. The number of rotatable bonds is 7. The van der Waals surface area contributed by atoms with Gasteiger partial charge in [-0.25, -0.2) is 0 Å². The zero-order valence-corrected chi connectivity index (χ0v) is 13.2. The standard InChI is InChI=1S/C16H26N2O2/c1-6-17-15(16(19)20-7-2)11-18(5)14-9-12(3)8-13(4)10-14/h8-10,15,17H,6-7,11H2,1-5H3. The van der Waals surface area contributed by atoms with Crippen LogP contribution in [0.15, 0.2) is 18.2 Å². The van der Waals surface area contributed by atoms with E-state index in [2.05, 4.69) is 42.3 Å². The number of aryl methyl sites for hydroxylation is 2. The summed E-state index contributed by atoms with van der Waals surface area (Å²) in [5.74, 6) is -0.189. The Kier molecular flexibility index (Phi) is 6.52. The molecule has 0 aromatic heterocycles. The van der Waals surface area contributed by atoms with E-state index < -0.39 is 0 Å². The predicted molar refractivity (Wildman–Crippen MR) is 83.3 cm³/mol. The summed E-state index contributed by atoms with van der Waals surface area (Å²) in [6.07, 6.45) is 0. The molecule has 0 aliphatic heterocycles. The molecule has 1 aromatic carbocycles. The average molecular weight is 278 g/mol. The molecule has 1 aromatic rings. The van der Waals surface area contributed by atoms with E-state index in [1.54, 1.807) is 0 Å². The molecule has 0 fully saturated rings. The van der Waals surface area contributed by atoms with Crippen molar-refractivity contribution in [2.75, 3.05) is 31.6 Å². The highest BCUT2D eigenvalue weighted by molar-refractivity contribution is 5.76. The summed E-state index contributed by atoms with van der Waals surface area (Å²) < 4.78 is 5.11. The summed E-state index contributed by atoms with van der Waals surface area (Å²) in [7, 11) is 2.00. The number of carbonyl (C=O) groups is 1. The highest BCUT2D eigenvalue weighted by Gasteiger charge is 2.20. The lowest BCUT2D eigenvalue weighted by molar-refractivity contribution is -0.145. The molecule has 0 heterocycles. The first kappa shape index (κ1) is 16.5. The van der Waals surface area contributed by atoms with Crippen LogP contribution in [0.5, 0.6) is 0 Å². The third-order valence-corrected chi connectivity index (χ3v) is 3.13. The van der Waals surface area contributed by atoms with Crippen LogP contribution in [0.25, 0.3) is 0 Å². The molecule has 0 spiro atoms. The number of esters is 1. The largest absolute Gasteiger partial charge is 0.465 e. The number of ether oxygens (including phenoxy) is 1. The topological polar surface area (TPSA) is 41.6 Å². The summed E-state index contributed by atoms with van der Waals surface area (Å²) in [5.41, 5.74) is 3.57. The molecule has 0 amide bonds. The van der Waals surface area contributed by atoms with Gasteiger partial charge in [0.15, 0.2) is 0 Å². The zero-order chi connectivity index (χ0) is 15.1. The van der Waals surface area contributed by atoms with Gasteiger partial charge in [0.25, 0.3) is 0 Å². The Balaban J connectivity index is 2.78. The van der Waals surface area contributed by atoms with E-state index in [0.717, 1.165) is 12.2 Å². The van der Waals surface area contributed by atoms with Crippen molar-refractivity contribution >= 4 is 11.7 Å². The minimum atomic E-state index is -0.300. The van der Waals surface area contributed by atoms with Crippen LogP contribution in [-0.2, 0) is 9.53 Å². The number of anilines is 1. The van der Waals surface area contributed by atoms with Gasteiger partial charge in [0.05, 0.1) is 6.61 Å². The van der Waals surface area contributed by atoms with E-state index >= 15 is 0 Å². The number of carbonyl (C=O) groups excluding carboxylic acids is 1. The Bertz CT molecular complexity index is 426. The molecule has 0 radical (unpaired) electrons. The number of likely N-dealkylation sites (N-methyl/N-ethyl adjacent to an activating group) is 2. The van der Waals surface area contributed by atoms with E-state index in [9.17, 15) is 4.79 Å². The Hall–Kier alpha value is -1.55. The van der Waals surface area contributed by atoms with Gasteiger partial charge in [-0.05, 0) is 50.6 Å². The number of benzene rings is 1. The maximum atomic E-state index is 11.9. The van der Waals surface area contributed by atoms with Crippen LogP contribution < -0.4 is 10.2 Å². The van der Waals surface area contributed by atoms with Gasteiger partial charge in [-0.3, -0.25) is 4.79 Å². The van der Waals surface area contributed by atoms with Crippen molar-refractivity contribution in [2.24, 2.45) is 0 Å². The second kappa shape index (κ2) is 7.90. The van der Waals surface area contributed by atoms with Gasteiger partial charge in [-0.2, -0.15) is 0 Å². The first-order chi connectivity index (χ1) is 9.47. The van der Waals surface area contributed by atoms with Crippen molar-refractivity contribution in [3.8, 4) is 0 Å². The Morgan fingerprint density at radius 1 is 1.25 bits per heavy atom. The third kappa shape index (κ3) is 4.85. The molecule has 1 unspecified atom stereocenters. The molecule has 0 saturated carbocycles. The zero-order valence-electron chi connectivity index (χ0n) is 13.2. The molecule has 1 N–H and O–H groups in total. The molecule has 0 aliphatic carbocycles. The maximum absolute atomic E-state index is 11.9. The van der Waals surface area contributed by atoms with Crippen molar-refractivity contribution in [3.63, 3.8) is 0 Å². The number of nitrogens with one attached hydrogen (secondary N) is 1. The van der Waals surface area contributed by atoms with E-state index in [4.69, 9.17) is 4.74 Å². The van der Waals surface area contributed by atoms with Crippen LogP contribution in [0, 0.1) is 13.8 Å². The molecule has 1 rings (SSSR count). The summed E-state index contributed by atoms with van der Waals surface area (Å²) in [4.78, 5) is 14.0. The summed E-state index contributed by atoms with van der Waals surface area (Å²) in [5, 5.41) is 3.18. The number of nitrogens with zero attached hydrogens (tertiary/aromatic N) is 1. The van der Waals surface area contributed by atoms with Gasteiger partial charge in [-0.1, -0.05) is 13.0 Å². The molecule has 0 bridgehead atoms. The molecular weight excluding hydrogens is 252 g/mol. The van der Waals surface area contributed by atoms with E-state index in [1.165, 1.54) is 11.1 Å². The van der Waals surface area contributed by atoms with Crippen molar-refractivity contribution in [3.05, 3.63) is 29.3 Å². The van der Waals surface area contributed by atoms with Crippen molar-refractivity contribution in [2.45, 2.75) is 33.7 Å². The molecule has 0 aliphatic rings. The fourth-order valence-corrected chi connectivity index (χ4v) is 2.26. The van der Waals surface area contributed by atoms with E-state index in [0.29, 0.717) is 13.2 Å². The minimum absolute atomic E-state index is 0.189. The minimum Gasteiger partial charge on any atom is -0.465 e. The Morgan fingerprint density at radius 2 is 1.85 bits per heavy atom. The van der Waals surface area contributed by atoms with E-state index in [1.807, 2.05) is 20.9 Å². The van der Waals surface area contributed by atoms with Gasteiger partial charge in [0, 0.05) is 19.3 Å². The summed E-state index contributed by atoms with van der Waals surface area (Å²) in [6, 6.07) is 6.10. The summed E-state index contributed by atoms with van der Waals surface area (Å²) in [6.45, 7) is 9.72. The lowest BCUT2D eigenvalue weighted by Gasteiger charge is -2.25. The monoisotopic (exact) mass is 278 g/mol. The van der Waals surface area contributed by atoms with Crippen LogP contribution in [-0.4, -0.2) is 38.8 Å². The first-order valence-corrected chi connectivity index (χ1v) is 7.17. The molecular formula is C16H26N2O2. The lowest BCUT2D eigenvalue weighted by Crippen LogP contribution is -2.46. The SMILES string of the molecule is CCNC(CN(C)c1cc(C)cc(C)c1)C(=O)OCC. The van der Waals surface area contributed by atoms with E-state index in [-0.39, 0.29) is 12.0 Å².